The van der Waals surface area contributed by atoms with Gasteiger partial charge in [0, 0.05) is 0 Å². The first-order valence-corrected chi connectivity index (χ1v) is 8.53. The predicted octanol–water partition coefficient (Wildman–Crippen LogP) is 3.71. The van der Waals surface area contributed by atoms with Crippen molar-refractivity contribution in [1.29, 1.82) is 0 Å². The first kappa shape index (κ1) is 14.9. The molecule has 0 aliphatic carbocycles. The second kappa shape index (κ2) is 6.09. The molecule has 0 spiro atoms. The highest BCUT2D eigenvalue weighted by Gasteiger charge is 2.14. The third-order valence-corrected chi connectivity index (χ3v) is 4.81. The van der Waals surface area contributed by atoms with Crippen LogP contribution in [-0.4, -0.2) is 25.2 Å². The second-order valence-corrected chi connectivity index (χ2v) is 6.40. The topological polar surface area (TPSA) is 69.6 Å². The van der Waals surface area contributed by atoms with Crippen molar-refractivity contribution in [2.45, 2.75) is 24.8 Å². The van der Waals surface area contributed by atoms with Crippen LogP contribution in [0.15, 0.2) is 52.0 Å². The van der Waals surface area contributed by atoms with Gasteiger partial charge >= 0.3 is 0 Å². The van der Waals surface area contributed by atoms with Crippen molar-refractivity contribution in [3.05, 3.63) is 59.5 Å². The maximum absolute atomic E-state index is 5.74. The van der Waals surface area contributed by atoms with Gasteiger partial charge in [-0.05, 0) is 53.6 Å². The first-order valence-electron chi connectivity index (χ1n) is 7.54. The van der Waals surface area contributed by atoms with Gasteiger partial charge in [0.25, 0.3) is 0 Å². The fourth-order valence-electron chi connectivity index (χ4n) is 2.49. The summed E-state index contributed by atoms with van der Waals surface area (Å²) in [7, 11) is 0. The zero-order valence-corrected chi connectivity index (χ0v) is 14.1. The minimum absolute atomic E-state index is 0.569. The molecule has 0 amide bonds. The number of rotatable bonds is 4. The van der Waals surface area contributed by atoms with Gasteiger partial charge in [0.15, 0.2) is 5.58 Å². The van der Waals surface area contributed by atoms with Crippen LogP contribution < -0.4 is 0 Å². The van der Waals surface area contributed by atoms with E-state index in [-0.39, 0.29) is 0 Å². The molecule has 120 valence electrons. The number of fused-ring (bicyclic) bond motifs is 1. The van der Waals surface area contributed by atoms with E-state index in [1.807, 2.05) is 36.4 Å². The summed E-state index contributed by atoms with van der Waals surface area (Å²) in [6, 6.07) is 13.8. The minimum atomic E-state index is 0.569. The number of para-hydroxylation sites is 2. The van der Waals surface area contributed by atoms with Crippen molar-refractivity contribution in [3.63, 3.8) is 0 Å². The summed E-state index contributed by atoms with van der Waals surface area (Å²) >= 11 is 1.50. The lowest BCUT2D eigenvalue weighted by molar-refractivity contribution is 0.556. The molecule has 0 aliphatic heterocycles. The lowest BCUT2D eigenvalue weighted by Crippen LogP contribution is -2.02. The van der Waals surface area contributed by atoms with Gasteiger partial charge in [0.2, 0.25) is 11.0 Å². The molecule has 2 aromatic heterocycles. The molecule has 6 nitrogen and oxygen atoms in total. The number of nitrogens with zero attached hydrogens (tertiary/aromatic N) is 5. The van der Waals surface area contributed by atoms with Gasteiger partial charge in [-0.2, -0.15) is 4.68 Å². The van der Waals surface area contributed by atoms with Crippen molar-refractivity contribution in [1.82, 2.24) is 25.2 Å². The zero-order chi connectivity index (χ0) is 16.5. The van der Waals surface area contributed by atoms with Crippen LogP contribution in [0, 0.1) is 13.8 Å². The van der Waals surface area contributed by atoms with E-state index in [4.69, 9.17) is 4.42 Å². The van der Waals surface area contributed by atoms with Crippen LogP contribution in [0.4, 0.5) is 0 Å². The molecule has 7 heteroatoms. The number of oxazole rings is 1. The second-order valence-electron chi connectivity index (χ2n) is 5.46. The molecule has 0 atom stereocenters. The minimum Gasteiger partial charge on any atom is -0.440 e. The Bertz CT molecular complexity index is 974. The number of hydrogen-bond acceptors (Lipinski definition) is 6. The summed E-state index contributed by atoms with van der Waals surface area (Å²) in [5, 5.41) is 12.8. The summed E-state index contributed by atoms with van der Waals surface area (Å²) in [6.45, 7) is 4.15. The number of tetrazole rings is 1. The molecule has 0 bridgehead atoms. The molecular weight excluding hydrogens is 322 g/mol. The normalized spacial score (nSPS) is 11.2. The van der Waals surface area contributed by atoms with Crippen molar-refractivity contribution >= 4 is 22.9 Å². The van der Waals surface area contributed by atoms with Gasteiger partial charge in [-0.15, -0.1) is 5.10 Å². The molecule has 4 rings (SSSR count). The summed E-state index contributed by atoms with van der Waals surface area (Å²) in [5.74, 6) is 1.23. The fraction of sp³-hybridized carbons (Fsp3) is 0.176. The van der Waals surface area contributed by atoms with E-state index in [1.165, 1.54) is 17.3 Å². The molecule has 0 radical (unpaired) electrons. The first-order chi connectivity index (χ1) is 11.7. The highest BCUT2D eigenvalue weighted by Crippen LogP contribution is 2.26. The number of aromatic nitrogens is 5. The lowest BCUT2D eigenvalue weighted by Gasteiger charge is -2.08. The van der Waals surface area contributed by atoms with E-state index in [0.29, 0.717) is 16.8 Å². The third-order valence-electron chi connectivity index (χ3n) is 3.91. The summed E-state index contributed by atoms with van der Waals surface area (Å²) in [6.07, 6.45) is 0. The maximum atomic E-state index is 5.74. The molecule has 0 unspecified atom stereocenters. The average molecular weight is 337 g/mol. The molecule has 0 fully saturated rings. The van der Waals surface area contributed by atoms with Crippen LogP contribution in [0.5, 0.6) is 0 Å². The van der Waals surface area contributed by atoms with E-state index < -0.39 is 0 Å². The van der Waals surface area contributed by atoms with E-state index in [1.54, 1.807) is 4.68 Å². The molecule has 2 heterocycles. The van der Waals surface area contributed by atoms with E-state index in [2.05, 4.69) is 40.4 Å². The van der Waals surface area contributed by atoms with Gasteiger partial charge in [0.05, 0.1) is 11.4 Å². The molecular formula is C17H15N5OS. The molecule has 0 saturated carbocycles. The largest absolute Gasteiger partial charge is 0.440 e. The third kappa shape index (κ3) is 2.67. The van der Waals surface area contributed by atoms with Gasteiger partial charge in [-0.25, -0.2) is 4.98 Å². The maximum Gasteiger partial charge on any atom is 0.214 e. The van der Waals surface area contributed by atoms with Crippen LogP contribution in [-0.2, 0) is 5.75 Å². The summed E-state index contributed by atoms with van der Waals surface area (Å²) in [5.41, 5.74) is 5.01. The molecule has 24 heavy (non-hydrogen) atoms. The Kier molecular flexibility index (Phi) is 3.78. The lowest BCUT2D eigenvalue weighted by atomic mass is 10.1. The quantitative estimate of drug-likeness (QED) is 0.529. The SMILES string of the molecule is Cc1cccc(-n2nnnc2SCc2nc3ccccc3o2)c1C. The Hall–Kier alpha value is -2.67. The van der Waals surface area contributed by atoms with E-state index in [9.17, 15) is 0 Å². The standard InChI is InChI=1S/C17H15N5OS/c1-11-6-5-8-14(12(11)2)22-17(19-20-21-22)24-10-16-18-13-7-3-4-9-15(13)23-16/h3-9H,10H2,1-2H3. The Morgan fingerprint density at radius 1 is 1.08 bits per heavy atom. The molecule has 4 aromatic rings. The van der Waals surface area contributed by atoms with Gasteiger partial charge < -0.3 is 4.42 Å². The molecule has 0 saturated heterocycles. The Morgan fingerprint density at radius 3 is 2.83 bits per heavy atom. The number of hydrogen-bond donors (Lipinski definition) is 0. The highest BCUT2D eigenvalue weighted by molar-refractivity contribution is 7.98. The van der Waals surface area contributed by atoms with Gasteiger partial charge in [-0.3, -0.25) is 0 Å². The Labute approximate surface area is 142 Å². The summed E-state index contributed by atoms with van der Waals surface area (Å²) in [4.78, 5) is 4.48. The van der Waals surface area contributed by atoms with E-state index >= 15 is 0 Å². The molecule has 0 aliphatic rings. The van der Waals surface area contributed by atoms with Gasteiger partial charge in [-0.1, -0.05) is 36.0 Å². The average Bonchev–Trinajstić information content (AvgIpc) is 3.21. The van der Waals surface area contributed by atoms with Crippen LogP contribution in [0.3, 0.4) is 0 Å². The molecule has 2 aromatic carbocycles. The van der Waals surface area contributed by atoms with Crippen molar-refractivity contribution < 1.29 is 4.42 Å². The number of benzene rings is 2. The molecule has 0 N–H and O–H groups in total. The smallest absolute Gasteiger partial charge is 0.214 e. The van der Waals surface area contributed by atoms with Crippen LogP contribution in [0.2, 0.25) is 0 Å². The monoisotopic (exact) mass is 337 g/mol. The van der Waals surface area contributed by atoms with Crippen molar-refractivity contribution in [3.8, 4) is 5.69 Å². The predicted molar refractivity (Wildman–Crippen MR) is 92.2 cm³/mol. The number of thioether (sulfide) groups is 1. The van der Waals surface area contributed by atoms with Crippen molar-refractivity contribution in [2.75, 3.05) is 0 Å². The van der Waals surface area contributed by atoms with Crippen LogP contribution in [0.25, 0.3) is 16.8 Å². The Morgan fingerprint density at radius 2 is 1.96 bits per heavy atom. The van der Waals surface area contributed by atoms with Crippen LogP contribution in [0.1, 0.15) is 17.0 Å². The van der Waals surface area contributed by atoms with Crippen LogP contribution >= 0.6 is 11.8 Å². The van der Waals surface area contributed by atoms with Gasteiger partial charge in [0.1, 0.15) is 5.52 Å². The highest BCUT2D eigenvalue weighted by atomic mass is 32.2. The fourth-order valence-corrected chi connectivity index (χ4v) is 3.22. The number of aryl methyl sites for hydroxylation is 1. The summed E-state index contributed by atoms with van der Waals surface area (Å²) < 4.78 is 7.50. The van der Waals surface area contributed by atoms with E-state index in [0.717, 1.165) is 22.4 Å². The zero-order valence-electron chi connectivity index (χ0n) is 13.3. The Balaban J connectivity index is 1.60. The van der Waals surface area contributed by atoms with Crippen molar-refractivity contribution in [2.24, 2.45) is 0 Å².